The second kappa shape index (κ2) is 4.71. The lowest BCUT2D eigenvalue weighted by atomic mass is 10.2. The monoisotopic (exact) mass is 260 g/mol. The maximum absolute atomic E-state index is 12.4. The predicted octanol–water partition coefficient (Wildman–Crippen LogP) is 2.34. The van der Waals surface area contributed by atoms with Crippen molar-refractivity contribution in [2.24, 2.45) is 0 Å². The van der Waals surface area contributed by atoms with Crippen LogP contribution >= 0.6 is 11.3 Å². The van der Waals surface area contributed by atoms with Crippen LogP contribution in [0, 0.1) is 0 Å². The van der Waals surface area contributed by atoms with Crippen molar-refractivity contribution in [3.05, 3.63) is 35.2 Å². The summed E-state index contributed by atoms with van der Waals surface area (Å²) in [7, 11) is 0. The van der Waals surface area contributed by atoms with E-state index in [-0.39, 0.29) is 5.91 Å². The lowest BCUT2D eigenvalue weighted by Gasteiger charge is -2.31. The Morgan fingerprint density at radius 2 is 2.28 bits per heavy atom. The Labute approximate surface area is 110 Å². The van der Waals surface area contributed by atoms with Crippen LogP contribution in [0.2, 0.25) is 0 Å². The van der Waals surface area contributed by atoms with E-state index in [2.05, 4.69) is 24.4 Å². The molecule has 0 unspecified atom stereocenters. The molecule has 3 rings (SSSR count). The largest absolute Gasteiger partial charge is 0.335 e. The molecule has 94 valence electrons. The molecule has 2 heterocycles. The Morgan fingerprint density at radius 1 is 1.44 bits per heavy atom. The number of nitrogens with one attached hydrogen (secondary N) is 1. The average molecular weight is 260 g/mol. The van der Waals surface area contributed by atoms with Crippen molar-refractivity contribution in [2.75, 3.05) is 19.6 Å². The number of carbonyl (C=O) groups is 1. The number of benzene rings is 1. The van der Waals surface area contributed by atoms with Gasteiger partial charge in [-0.2, -0.15) is 0 Å². The molecule has 1 atom stereocenters. The van der Waals surface area contributed by atoms with E-state index in [0.717, 1.165) is 29.9 Å². The Balaban J connectivity index is 1.87. The van der Waals surface area contributed by atoms with Gasteiger partial charge >= 0.3 is 0 Å². The van der Waals surface area contributed by atoms with Crippen molar-refractivity contribution < 1.29 is 4.79 Å². The first kappa shape index (κ1) is 11.7. The average Bonchev–Trinajstić information content (AvgIpc) is 2.81. The zero-order valence-electron chi connectivity index (χ0n) is 10.3. The highest BCUT2D eigenvalue weighted by Gasteiger charge is 2.22. The van der Waals surface area contributed by atoms with E-state index >= 15 is 0 Å². The lowest BCUT2D eigenvalue weighted by molar-refractivity contribution is 0.0714. The molecule has 0 bridgehead atoms. The number of fused-ring (bicyclic) bond motifs is 1. The molecule has 0 saturated carbocycles. The zero-order valence-corrected chi connectivity index (χ0v) is 11.2. The van der Waals surface area contributed by atoms with E-state index in [1.165, 1.54) is 4.70 Å². The van der Waals surface area contributed by atoms with E-state index in [1.54, 1.807) is 11.3 Å². The summed E-state index contributed by atoms with van der Waals surface area (Å²) in [6.07, 6.45) is 0. The highest BCUT2D eigenvalue weighted by molar-refractivity contribution is 7.20. The number of nitrogens with zero attached hydrogens (tertiary/aromatic N) is 1. The molecule has 1 saturated heterocycles. The summed E-state index contributed by atoms with van der Waals surface area (Å²) in [4.78, 5) is 15.2. The lowest BCUT2D eigenvalue weighted by Crippen LogP contribution is -2.51. The molecule has 1 N–H and O–H groups in total. The smallest absolute Gasteiger partial charge is 0.264 e. The summed E-state index contributed by atoms with van der Waals surface area (Å²) in [5.41, 5.74) is 0. The van der Waals surface area contributed by atoms with Crippen LogP contribution in [0.3, 0.4) is 0 Å². The maximum atomic E-state index is 12.4. The van der Waals surface area contributed by atoms with Crippen LogP contribution in [-0.2, 0) is 0 Å². The molecule has 18 heavy (non-hydrogen) atoms. The minimum atomic E-state index is 0.171. The van der Waals surface area contributed by atoms with Gasteiger partial charge in [-0.25, -0.2) is 0 Å². The maximum Gasteiger partial charge on any atom is 0.264 e. The van der Waals surface area contributed by atoms with Crippen molar-refractivity contribution >= 4 is 27.3 Å². The highest BCUT2D eigenvalue weighted by atomic mass is 32.1. The summed E-state index contributed by atoms with van der Waals surface area (Å²) in [5, 5.41) is 4.52. The Morgan fingerprint density at radius 3 is 3.06 bits per heavy atom. The Bertz CT molecular complexity index is 545. The SMILES string of the molecule is C[C@@H]1CN(C(=O)c2cc3ccccc3s2)CCN1. The summed E-state index contributed by atoms with van der Waals surface area (Å²) in [6.45, 7) is 4.60. The number of rotatable bonds is 1. The van der Waals surface area contributed by atoms with Crippen molar-refractivity contribution in [2.45, 2.75) is 13.0 Å². The molecule has 4 heteroatoms. The van der Waals surface area contributed by atoms with Crippen LogP contribution in [0.15, 0.2) is 30.3 Å². The van der Waals surface area contributed by atoms with E-state index in [4.69, 9.17) is 0 Å². The van der Waals surface area contributed by atoms with Crippen LogP contribution in [0.25, 0.3) is 10.1 Å². The van der Waals surface area contributed by atoms with Gasteiger partial charge in [-0.05, 0) is 24.4 Å². The van der Waals surface area contributed by atoms with E-state index in [1.807, 2.05) is 23.1 Å². The molecule has 1 aromatic heterocycles. The summed E-state index contributed by atoms with van der Waals surface area (Å²) in [5.74, 6) is 0.171. The van der Waals surface area contributed by atoms with Crippen molar-refractivity contribution in [3.8, 4) is 0 Å². The Kier molecular flexibility index (Phi) is 3.06. The minimum Gasteiger partial charge on any atom is -0.335 e. The molecule has 1 aromatic carbocycles. The highest BCUT2D eigenvalue weighted by Crippen LogP contribution is 2.26. The summed E-state index contributed by atoms with van der Waals surface area (Å²) < 4.78 is 1.18. The number of amides is 1. The standard InChI is InChI=1S/C14H16N2OS/c1-10-9-16(7-6-15-10)14(17)13-8-11-4-2-3-5-12(11)18-13/h2-5,8,10,15H,6-7,9H2,1H3/t10-/m1/s1. The van der Waals surface area contributed by atoms with Crippen LogP contribution < -0.4 is 5.32 Å². The fourth-order valence-electron chi connectivity index (χ4n) is 2.36. The van der Waals surface area contributed by atoms with Gasteiger partial charge in [0.25, 0.3) is 5.91 Å². The van der Waals surface area contributed by atoms with Gasteiger partial charge in [-0.1, -0.05) is 18.2 Å². The Hall–Kier alpha value is -1.39. The third-order valence-electron chi connectivity index (χ3n) is 3.29. The van der Waals surface area contributed by atoms with Gasteiger partial charge in [0, 0.05) is 30.4 Å². The number of piperazine rings is 1. The first-order chi connectivity index (χ1) is 8.74. The first-order valence-electron chi connectivity index (χ1n) is 6.25. The predicted molar refractivity (Wildman–Crippen MR) is 75.2 cm³/mol. The van der Waals surface area contributed by atoms with Gasteiger partial charge in [0.05, 0.1) is 4.88 Å². The second-order valence-electron chi connectivity index (χ2n) is 4.75. The summed E-state index contributed by atoms with van der Waals surface area (Å²) >= 11 is 1.59. The van der Waals surface area contributed by atoms with E-state index in [0.29, 0.717) is 6.04 Å². The topological polar surface area (TPSA) is 32.3 Å². The molecule has 1 fully saturated rings. The van der Waals surface area contributed by atoms with E-state index in [9.17, 15) is 4.79 Å². The summed E-state index contributed by atoms with van der Waals surface area (Å²) in [6, 6.07) is 10.5. The normalized spacial score (nSPS) is 20.3. The van der Waals surface area contributed by atoms with Crippen LogP contribution in [-0.4, -0.2) is 36.5 Å². The van der Waals surface area contributed by atoms with Crippen LogP contribution in [0.5, 0.6) is 0 Å². The first-order valence-corrected chi connectivity index (χ1v) is 7.07. The third-order valence-corrected chi connectivity index (χ3v) is 4.40. The molecule has 1 amide bonds. The van der Waals surface area contributed by atoms with Crippen molar-refractivity contribution in [3.63, 3.8) is 0 Å². The van der Waals surface area contributed by atoms with Crippen LogP contribution in [0.4, 0.5) is 0 Å². The number of hydrogen-bond donors (Lipinski definition) is 1. The van der Waals surface area contributed by atoms with Crippen LogP contribution in [0.1, 0.15) is 16.6 Å². The number of carbonyl (C=O) groups excluding carboxylic acids is 1. The van der Waals surface area contributed by atoms with Gasteiger partial charge in [-0.3, -0.25) is 4.79 Å². The number of hydrogen-bond acceptors (Lipinski definition) is 3. The molecular weight excluding hydrogens is 244 g/mol. The minimum absolute atomic E-state index is 0.171. The third kappa shape index (κ3) is 2.13. The number of thiophene rings is 1. The quantitative estimate of drug-likeness (QED) is 0.853. The van der Waals surface area contributed by atoms with Crippen molar-refractivity contribution in [1.29, 1.82) is 0 Å². The van der Waals surface area contributed by atoms with Gasteiger partial charge in [0.15, 0.2) is 0 Å². The van der Waals surface area contributed by atoms with Gasteiger partial charge in [-0.15, -0.1) is 11.3 Å². The molecule has 0 aliphatic carbocycles. The molecule has 0 radical (unpaired) electrons. The van der Waals surface area contributed by atoms with E-state index < -0.39 is 0 Å². The molecular formula is C14H16N2OS. The molecule has 3 nitrogen and oxygen atoms in total. The fraction of sp³-hybridized carbons (Fsp3) is 0.357. The molecule has 2 aromatic rings. The van der Waals surface area contributed by atoms with Gasteiger partial charge in [0.1, 0.15) is 0 Å². The second-order valence-corrected chi connectivity index (χ2v) is 5.84. The molecule has 0 spiro atoms. The van der Waals surface area contributed by atoms with Crippen molar-refractivity contribution in [1.82, 2.24) is 10.2 Å². The zero-order chi connectivity index (χ0) is 12.5. The van der Waals surface area contributed by atoms with Gasteiger partial charge in [0.2, 0.25) is 0 Å². The molecule has 1 aliphatic rings. The van der Waals surface area contributed by atoms with Gasteiger partial charge < -0.3 is 10.2 Å². The fourth-order valence-corrected chi connectivity index (χ4v) is 3.39. The molecule has 1 aliphatic heterocycles.